The molecule has 0 bridgehead atoms. The fourth-order valence-corrected chi connectivity index (χ4v) is 4.20. The first kappa shape index (κ1) is 33.9. The highest BCUT2D eigenvalue weighted by molar-refractivity contribution is 6.00. The van der Waals surface area contributed by atoms with Crippen LogP contribution >= 0.6 is 0 Å². The summed E-state index contributed by atoms with van der Waals surface area (Å²) in [7, 11) is 3.34. The van der Waals surface area contributed by atoms with Crippen LogP contribution in [0.5, 0.6) is 5.75 Å². The quantitative estimate of drug-likeness (QED) is 0.236. The second-order valence-corrected chi connectivity index (χ2v) is 11.5. The van der Waals surface area contributed by atoms with E-state index in [2.05, 4.69) is 10.6 Å². The standard InChI is InChI=1S/C33H42N4O7/c1-33(2,3)44-32(42)37(20-28(39)22-43-29-9-7-6-8-10-29)27(21-38)19-23-11-15-25(16-12-23)34-31(41)35-26-17-13-24(14-18-26)30(40)36(4)5/h6-18,27-28,38-39H,19-22H2,1-5H3,(H2,34,35,41)/t27-,28-/m0/s1. The molecule has 11 nitrogen and oxygen atoms in total. The van der Waals surface area contributed by atoms with Crippen LogP contribution < -0.4 is 15.4 Å². The van der Waals surface area contributed by atoms with Gasteiger partial charge in [0.25, 0.3) is 5.91 Å². The first-order chi connectivity index (χ1) is 20.8. The minimum atomic E-state index is -1.04. The van der Waals surface area contributed by atoms with Crippen LogP contribution in [0.1, 0.15) is 36.7 Å². The monoisotopic (exact) mass is 606 g/mol. The molecule has 3 aromatic rings. The minimum absolute atomic E-state index is 0.0533. The molecule has 44 heavy (non-hydrogen) atoms. The van der Waals surface area contributed by atoms with Gasteiger partial charge in [-0.05, 0) is 81.3 Å². The first-order valence-corrected chi connectivity index (χ1v) is 14.3. The molecule has 4 N–H and O–H groups in total. The van der Waals surface area contributed by atoms with E-state index in [4.69, 9.17) is 9.47 Å². The Morgan fingerprint density at radius 2 is 1.43 bits per heavy atom. The van der Waals surface area contributed by atoms with E-state index in [-0.39, 0.29) is 32.1 Å². The van der Waals surface area contributed by atoms with Crippen molar-refractivity contribution in [1.82, 2.24) is 9.80 Å². The summed E-state index contributed by atoms with van der Waals surface area (Å²) in [6, 6.07) is 21.4. The average molecular weight is 607 g/mol. The summed E-state index contributed by atoms with van der Waals surface area (Å²) in [5.41, 5.74) is 1.58. The summed E-state index contributed by atoms with van der Waals surface area (Å²) in [6.07, 6.45) is -1.43. The third-order valence-electron chi connectivity index (χ3n) is 6.35. The zero-order valence-corrected chi connectivity index (χ0v) is 25.8. The van der Waals surface area contributed by atoms with Gasteiger partial charge in [-0.2, -0.15) is 0 Å². The lowest BCUT2D eigenvalue weighted by Gasteiger charge is -2.34. The van der Waals surface area contributed by atoms with E-state index < -0.39 is 29.9 Å². The molecule has 0 aliphatic heterocycles. The van der Waals surface area contributed by atoms with Gasteiger partial charge in [0.05, 0.1) is 19.2 Å². The van der Waals surface area contributed by atoms with Gasteiger partial charge in [-0.25, -0.2) is 9.59 Å². The number of nitrogens with one attached hydrogen (secondary N) is 2. The fraction of sp³-hybridized carbons (Fsp3) is 0.364. The molecular formula is C33H42N4O7. The largest absolute Gasteiger partial charge is 0.491 e. The molecule has 4 amide bonds. The Balaban J connectivity index is 1.62. The number of amides is 4. The fourth-order valence-electron chi connectivity index (χ4n) is 4.20. The molecule has 2 atom stereocenters. The van der Waals surface area contributed by atoms with Crippen molar-refractivity contribution in [3.05, 3.63) is 90.0 Å². The molecule has 0 saturated carbocycles. The minimum Gasteiger partial charge on any atom is -0.491 e. The highest BCUT2D eigenvalue weighted by atomic mass is 16.6. The number of ether oxygens (including phenoxy) is 2. The van der Waals surface area contributed by atoms with E-state index in [0.29, 0.717) is 22.7 Å². The van der Waals surface area contributed by atoms with Crippen molar-refractivity contribution in [3.63, 3.8) is 0 Å². The second kappa shape index (κ2) is 15.7. The molecule has 0 fully saturated rings. The van der Waals surface area contributed by atoms with E-state index in [9.17, 15) is 24.6 Å². The first-order valence-electron chi connectivity index (χ1n) is 14.3. The van der Waals surface area contributed by atoms with Crippen LogP contribution in [0.2, 0.25) is 0 Å². The van der Waals surface area contributed by atoms with Crippen molar-refractivity contribution >= 4 is 29.4 Å². The molecule has 0 aromatic heterocycles. The van der Waals surface area contributed by atoms with Crippen molar-refractivity contribution in [2.75, 3.05) is 44.5 Å². The Morgan fingerprint density at radius 3 is 1.95 bits per heavy atom. The van der Waals surface area contributed by atoms with Crippen LogP contribution in [0.4, 0.5) is 21.0 Å². The van der Waals surface area contributed by atoms with E-state index in [1.807, 2.05) is 18.2 Å². The summed E-state index contributed by atoms with van der Waals surface area (Å²) in [5, 5.41) is 26.5. The highest BCUT2D eigenvalue weighted by Gasteiger charge is 2.30. The number of carbonyl (C=O) groups excluding carboxylic acids is 3. The van der Waals surface area contributed by atoms with Gasteiger partial charge in [0.15, 0.2) is 0 Å². The van der Waals surface area contributed by atoms with Gasteiger partial charge in [-0.1, -0.05) is 30.3 Å². The molecular weight excluding hydrogens is 564 g/mol. The van der Waals surface area contributed by atoms with Crippen molar-refractivity contribution in [2.24, 2.45) is 0 Å². The molecule has 3 aromatic carbocycles. The number of para-hydroxylation sites is 1. The van der Waals surface area contributed by atoms with Gasteiger partial charge in [0, 0.05) is 31.0 Å². The van der Waals surface area contributed by atoms with Crippen LogP contribution in [-0.4, -0.2) is 89.6 Å². The van der Waals surface area contributed by atoms with Gasteiger partial charge >= 0.3 is 12.1 Å². The number of hydrogen-bond acceptors (Lipinski definition) is 7. The molecule has 236 valence electrons. The number of aliphatic hydroxyl groups excluding tert-OH is 2. The number of rotatable bonds is 12. The summed E-state index contributed by atoms with van der Waals surface area (Å²) in [6.45, 7) is 4.70. The Morgan fingerprint density at radius 1 is 0.864 bits per heavy atom. The topological polar surface area (TPSA) is 141 Å². The summed E-state index contributed by atoms with van der Waals surface area (Å²) in [5.74, 6) is 0.456. The third kappa shape index (κ3) is 10.9. The molecule has 3 rings (SSSR count). The van der Waals surface area contributed by atoms with Gasteiger partial charge in [-0.3, -0.25) is 9.69 Å². The van der Waals surface area contributed by atoms with Crippen LogP contribution in [0.15, 0.2) is 78.9 Å². The number of nitrogens with zero attached hydrogens (tertiary/aromatic N) is 2. The van der Waals surface area contributed by atoms with Crippen molar-refractivity contribution in [2.45, 2.75) is 44.9 Å². The van der Waals surface area contributed by atoms with E-state index in [0.717, 1.165) is 5.56 Å². The normalized spacial score (nSPS) is 12.4. The SMILES string of the molecule is CN(C)C(=O)c1ccc(NC(=O)Nc2ccc(C[C@@H](CO)N(C[C@H](O)COc3ccccc3)C(=O)OC(C)(C)C)cc2)cc1. The molecule has 0 heterocycles. The highest BCUT2D eigenvalue weighted by Crippen LogP contribution is 2.19. The smallest absolute Gasteiger partial charge is 0.410 e. The Hall–Kier alpha value is -4.61. The number of hydrogen-bond donors (Lipinski definition) is 4. The number of anilines is 2. The zero-order valence-electron chi connectivity index (χ0n) is 25.8. The van der Waals surface area contributed by atoms with E-state index in [1.165, 1.54) is 9.80 Å². The molecule has 0 spiro atoms. The number of aliphatic hydroxyl groups is 2. The Kier molecular flexibility index (Phi) is 12.1. The number of urea groups is 1. The summed E-state index contributed by atoms with van der Waals surface area (Å²) >= 11 is 0. The van der Waals surface area contributed by atoms with Gasteiger partial charge in [0.1, 0.15) is 24.1 Å². The van der Waals surface area contributed by atoms with Gasteiger partial charge in [0.2, 0.25) is 0 Å². The van der Waals surface area contributed by atoms with Gasteiger partial charge < -0.3 is 35.2 Å². The lowest BCUT2D eigenvalue weighted by Crippen LogP contribution is -2.50. The third-order valence-corrected chi connectivity index (χ3v) is 6.35. The van der Waals surface area contributed by atoms with E-state index in [1.54, 1.807) is 95.5 Å². The maximum atomic E-state index is 13.1. The Labute approximate surface area is 258 Å². The average Bonchev–Trinajstić information content (AvgIpc) is 2.98. The second-order valence-electron chi connectivity index (χ2n) is 11.5. The molecule has 0 unspecified atom stereocenters. The Bertz CT molecular complexity index is 1360. The van der Waals surface area contributed by atoms with Crippen LogP contribution in [0.3, 0.4) is 0 Å². The number of carbonyl (C=O) groups is 3. The zero-order chi connectivity index (χ0) is 32.3. The number of benzene rings is 3. The van der Waals surface area contributed by atoms with Crippen molar-refractivity contribution in [3.8, 4) is 5.75 Å². The summed E-state index contributed by atoms with van der Waals surface area (Å²) in [4.78, 5) is 40.5. The lowest BCUT2D eigenvalue weighted by atomic mass is 10.0. The van der Waals surface area contributed by atoms with Crippen molar-refractivity contribution in [1.29, 1.82) is 0 Å². The van der Waals surface area contributed by atoms with E-state index >= 15 is 0 Å². The predicted molar refractivity (Wildman–Crippen MR) is 169 cm³/mol. The van der Waals surface area contributed by atoms with Crippen LogP contribution in [0, 0.1) is 0 Å². The molecule has 0 aliphatic carbocycles. The maximum Gasteiger partial charge on any atom is 0.410 e. The van der Waals surface area contributed by atoms with Gasteiger partial charge in [-0.15, -0.1) is 0 Å². The lowest BCUT2D eigenvalue weighted by molar-refractivity contribution is -0.00891. The van der Waals surface area contributed by atoms with Crippen LogP contribution in [0.25, 0.3) is 0 Å². The summed E-state index contributed by atoms with van der Waals surface area (Å²) < 4.78 is 11.2. The molecule has 0 radical (unpaired) electrons. The predicted octanol–water partition coefficient (Wildman–Crippen LogP) is 4.61. The molecule has 0 aliphatic rings. The maximum absolute atomic E-state index is 13.1. The van der Waals surface area contributed by atoms with Crippen LogP contribution in [-0.2, 0) is 11.2 Å². The molecule has 0 saturated heterocycles. The van der Waals surface area contributed by atoms with Crippen molar-refractivity contribution < 1.29 is 34.1 Å². The molecule has 11 heteroatoms.